The molecule has 96 valence electrons. The smallest absolute Gasteiger partial charge is 0.330 e. The maximum atomic E-state index is 12.3. The van der Waals surface area contributed by atoms with Crippen molar-refractivity contribution in [3.8, 4) is 0 Å². The van der Waals surface area contributed by atoms with Crippen molar-refractivity contribution >= 4 is 21.8 Å². The molecule has 0 bridgehead atoms. The van der Waals surface area contributed by atoms with Crippen molar-refractivity contribution in [3.63, 3.8) is 0 Å². The summed E-state index contributed by atoms with van der Waals surface area (Å²) in [6.07, 6.45) is -1.79. The number of amides is 1. The number of halogens is 4. The largest absolute Gasteiger partial charge is 0.406 e. The van der Waals surface area contributed by atoms with Crippen LogP contribution in [0.25, 0.3) is 0 Å². The highest BCUT2D eigenvalue weighted by molar-refractivity contribution is 9.09. The molecule has 1 heterocycles. The van der Waals surface area contributed by atoms with Crippen LogP contribution < -0.4 is 0 Å². The third kappa shape index (κ3) is 4.03. The fraction of sp³-hybridized carbons (Fsp3) is 0.556. The van der Waals surface area contributed by atoms with E-state index in [1.54, 1.807) is 7.05 Å². The molecule has 0 saturated heterocycles. The fourth-order valence-corrected chi connectivity index (χ4v) is 1.72. The molecule has 8 heteroatoms. The average Bonchev–Trinajstić information content (AvgIpc) is 2.61. The van der Waals surface area contributed by atoms with Gasteiger partial charge in [-0.3, -0.25) is 4.79 Å². The van der Waals surface area contributed by atoms with Gasteiger partial charge in [0.1, 0.15) is 12.2 Å². The second-order valence-electron chi connectivity index (χ2n) is 3.42. The van der Waals surface area contributed by atoms with Crippen LogP contribution in [0, 0.1) is 0 Å². The summed E-state index contributed by atoms with van der Waals surface area (Å²) in [7, 11) is 1.56. The SMILES string of the molecule is Cn1cncc1C(=O)N(CCBr)CC(F)(F)F. The van der Waals surface area contributed by atoms with E-state index in [4.69, 9.17) is 0 Å². The zero-order valence-corrected chi connectivity index (χ0v) is 10.6. The number of carbonyl (C=O) groups excluding carboxylic acids is 1. The maximum absolute atomic E-state index is 12.3. The lowest BCUT2D eigenvalue weighted by Crippen LogP contribution is -2.40. The summed E-state index contributed by atoms with van der Waals surface area (Å²) < 4.78 is 38.3. The Kier molecular flexibility index (Phi) is 4.55. The van der Waals surface area contributed by atoms with Gasteiger partial charge in [-0.15, -0.1) is 0 Å². The lowest BCUT2D eigenvalue weighted by molar-refractivity contribution is -0.140. The van der Waals surface area contributed by atoms with Crippen molar-refractivity contribution in [3.05, 3.63) is 18.2 Å². The number of aryl methyl sites for hydroxylation is 1. The van der Waals surface area contributed by atoms with Crippen molar-refractivity contribution in [2.75, 3.05) is 18.4 Å². The quantitative estimate of drug-likeness (QED) is 0.795. The second kappa shape index (κ2) is 5.52. The first kappa shape index (κ1) is 14.0. The van der Waals surface area contributed by atoms with Crippen molar-refractivity contribution < 1.29 is 18.0 Å². The Labute approximate surface area is 105 Å². The third-order valence-electron chi connectivity index (χ3n) is 2.05. The van der Waals surface area contributed by atoms with Gasteiger partial charge in [-0.2, -0.15) is 13.2 Å². The number of alkyl halides is 4. The lowest BCUT2D eigenvalue weighted by Gasteiger charge is -2.22. The van der Waals surface area contributed by atoms with Crippen LogP contribution in [0.5, 0.6) is 0 Å². The highest BCUT2D eigenvalue weighted by Gasteiger charge is 2.33. The molecule has 1 amide bonds. The van der Waals surface area contributed by atoms with Crippen LogP contribution in [0.3, 0.4) is 0 Å². The molecule has 17 heavy (non-hydrogen) atoms. The van der Waals surface area contributed by atoms with Crippen molar-refractivity contribution in [2.24, 2.45) is 7.05 Å². The molecular formula is C9H11BrF3N3O. The monoisotopic (exact) mass is 313 g/mol. The summed E-state index contributed by atoms with van der Waals surface area (Å²) in [5, 5.41) is 0.284. The second-order valence-corrected chi connectivity index (χ2v) is 4.21. The Bertz CT molecular complexity index is 391. The van der Waals surface area contributed by atoms with Gasteiger partial charge in [0.05, 0.1) is 12.5 Å². The summed E-state index contributed by atoms with van der Waals surface area (Å²) in [5.41, 5.74) is 0.134. The van der Waals surface area contributed by atoms with E-state index in [2.05, 4.69) is 20.9 Å². The van der Waals surface area contributed by atoms with E-state index >= 15 is 0 Å². The molecule has 0 aliphatic rings. The molecule has 0 unspecified atom stereocenters. The molecule has 0 saturated carbocycles. The summed E-state index contributed by atoms with van der Waals surface area (Å²) in [5.74, 6) is -0.679. The molecule has 1 aromatic heterocycles. The first-order valence-electron chi connectivity index (χ1n) is 4.73. The van der Waals surface area contributed by atoms with E-state index in [-0.39, 0.29) is 17.6 Å². The number of hydrogen-bond acceptors (Lipinski definition) is 2. The molecule has 1 aromatic rings. The van der Waals surface area contributed by atoms with Crippen LogP contribution in [0.1, 0.15) is 10.5 Å². The molecule has 0 spiro atoms. The molecule has 1 rings (SSSR count). The summed E-state index contributed by atoms with van der Waals surface area (Å²) in [6, 6.07) is 0. The van der Waals surface area contributed by atoms with Crippen molar-refractivity contribution in [1.29, 1.82) is 0 Å². The normalized spacial score (nSPS) is 11.6. The Hall–Kier alpha value is -1.05. The number of aromatic nitrogens is 2. The molecule has 0 aliphatic heterocycles. The molecule has 0 fully saturated rings. The van der Waals surface area contributed by atoms with Gasteiger partial charge in [0.25, 0.3) is 5.91 Å². The summed E-state index contributed by atoms with van der Waals surface area (Å²) in [6.45, 7) is -1.27. The standard InChI is InChI=1S/C9H11BrF3N3O/c1-15-6-14-4-7(15)8(17)16(3-2-10)5-9(11,12)13/h4,6H,2-3,5H2,1H3. The average molecular weight is 314 g/mol. The van der Waals surface area contributed by atoms with Crippen LogP contribution >= 0.6 is 15.9 Å². The molecule has 0 atom stereocenters. The number of nitrogens with zero attached hydrogens (tertiary/aromatic N) is 3. The van der Waals surface area contributed by atoms with E-state index in [0.717, 1.165) is 4.90 Å². The predicted molar refractivity (Wildman–Crippen MR) is 59.0 cm³/mol. The van der Waals surface area contributed by atoms with E-state index in [1.165, 1.54) is 17.1 Å². The molecule has 0 radical (unpaired) electrons. The van der Waals surface area contributed by atoms with Gasteiger partial charge in [0, 0.05) is 18.9 Å². The first-order chi connectivity index (χ1) is 7.85. The molecule has 4 nitrogen and oxygen atoms in total. The molecule has 0 aromatic carbocycles. The minimum Gasteiger partial charge on any atom is -0.330 e. The van der Waals surface area contributed by atoms with Crippen molar-refractivity contribution in [1.82, 2.24) is 14.5 Å². The maximum Gasteiger partial charge on any atom is 0.406 e. The summed E-state index contributed by atoms with van der Waals surface area (Å²) >= 11 is 3.02. The minimum absolute atomic E-state index is 0.0104. The van der Waals surface area contributed by atoms with E-state index in [1.807, 2.05) is 0 Å². The molecule has 0 N–H and O–H groups in total. The highest BCUT2D eigenvalue weighted by atomic mass is 79.9. The van der Waals surface area contributed by atoms with E-state index in [0.29, 0.717) is 0 Å². The van der Waals surface area contributed by atoms with Crippen LogP contribution in [0.2, 0.25) is 0 Å². The van der Waals surface area contributed by atoms with Gasteiger partial charge < -0.3 is 9.47 Å². The zero-order chi connectivity index (χ0) is 13.1. The lowest BCUT2D eigenvalue weighted by atomic mass is 10.3. The number of hydrogen-bond donors (Lipinski definition) is 0. The zero-order valence-electron chi connectivity index (χ0n) is 9.04. The Morgan fingerprint density at radius 3 is 2.65 bits per heavy atom. The molecule has 0 aliphatic carbocycles. The minimum atomic E-state index is -4.41. The summed E-state index contributed by atoms with van der Waals surface area (Å²) in [4.78, 5) is 16.3. The van der Waals surface area contributed by atoms with Crippen LogP contribution in [-0.4, -0.2) is 45.0 Å². The first-order valence-corrected chi connectivity index (χ1v) is 5.85. The van der Waals surface area contributed by atoms with Crippen molar-refractivity contribution in [2.45, 2.75) is 6.18 Å². The van der Waals surface area contributed by atoms with Gasteiger partial charge in [-0.1, -0.05) is 15.9 Å². The third-order valence-corrected chi connectivity index (χ3v) is 2.40. The molecular weight excluding hydrogens is 303 g/mol. The number of carbonyl (C=O) groups is 1. The highest BCUT2D eigenvalue weighted by Crippen LogP contribution is 2.18. The Balaban J connectivity index is 2.84. The Morgan fingerprint density at radius 1 is 1.59 bits per heavy atom. The fourth-order valence-electron chi connectivity index (χ4n) is 1.30. The number of imidazole rings is 1. The predicted octanol–water partition coefficient (Wildman–Crippen LogP) is 1.82. The van der Waals surface area contributed by atoms with Crippen LogP contribution in [0.15, 0.2) is 12.5 Å². The van der Waals surface area contributed by atoms with Gasteiger partial charge in [0.15, 0.2) is 0 Å². The van der Waals surface area contributed by atoms with E-state index < -0.39 is 18.6 Å². The van der Waals surface area contributed by atoms with Gasteiger partial charge in [-0.05, 0) is 0 Å². The van der Waals surface area contributed by atoms with E-state index in [9.17, 15) is 18.0 Å². The van der Waals surface area contributed by atoms with Gasteiger partial charge in [-0.25, -0.2) is 4.98 Å². The topological polar surface area (TPSA) is 38.1 Å². The van der Waals surface area contributed by atoms with Gasteiger partial charge >= 0.3 is 6.18 Å². The Morgan fingerprint density at radius 2 is 2.24 bits per heavy atom. The van der Waals surface area contributed by atoms with Gasteiger partial charge in [0.2, 0.25) is 0 Å². The number of rotatable bonds is 4. The van der Waals surface area contributed by atoms with Crippen LogP contribution in [0.4, 0.5) is 13.2 Å². The van der Waals surface area contributed by atoms with Crippen LogP contribution in [-0.2, 0) is 7.05 Å².